The molecule has 0 unspecified atom stereocenters. The van der Waals surface area contributed by atoms with E-state index in [1.165, 1.54) is 0 Å². The van der Waals surface area contributed by atoms with Gasteiger partial charge in [-0.2, -0.15) is 0 Å². The van der Waals surface area contributed by atoms with E-state index in [0.29, 0.717) is 31.4 Å². The van der Waals surface area contributed by atoms with Gasteiger partial charge in [-0.3, -0.25) is 9.69 Å². The average Bonchev–Trinajstić information content (AvgIpc) is 2.97. The molecule has 4 heteroatoms. The van der Waals surface area contributed by atoms with Gasteiger partial charge in [-0.25, -0.2) is 0 Å². The van der Waals surface area contributed by atoms with Crippen LogP contribution < -0.4 is 0 Å². The van der Waals surface area contributed by atoms with Crippen LogP contribution in [0.15, 0.2) is 0 Å². The van der Waals surface area contributed by atoms with Crippen LogP contribution in [-0.2, 0) is 9.53 Å². The lowest BCUT2D eigenvalue weighted by Gasteiger charge is -2.19. The number of aliphatic hydroxyl groups is 1. The van der Waals surface area contributed by atoms with Crippen LogP contribution >= 0.6 is 0 Å². The molecule has 1 saturated carbocycles. The summed E-state index contributed by atoms with van der Waals surface area (Å²) in [5, 5.41) is 8.81. The van der Waals surface area contributed by atoms with E-state index >= 15 is 0 Å². The van der Waals surface area contributed by atoms with E-state index in [2.05, 4.69) is 0 Å². The molecule has 0 saturated heterocycles. The van der Waals surface area contributed by atoms with Gasteiger partial charge in [0, 0.05) is 26.1 Å². The maximum Gasteiger partial charge on any atom is 0.149 e. The SMILES string of the molecule is COCCN(CCO)CC(=O)C1CC1. The van der Waals surface area contributed by atoms with E-state index in [1.54, 1.807) is 7.11 Å². The van der Waals surface area contributed by atoms with Crippen molar-refractivity contribution in [1.29, 1.82) is 0 Å². The minimum Gasteiger partial charge on any atom is -0.395 e. The quantitative estimate of drug-likeness (QED) is 0.596. The summed E-state index contributed by atoms with van der Waals surface area (Å²) in [6.45, 7) is 2.45. The highest BCUT2D eigenvalue weighted by Gasteiger charge is 2.30. The van der Waals surface area contributed by atoms with Gasteiger partial charge in [-0.15, -0.1) is 0 Å². The van der Waals surface area contributed by atoms with Crippen LogP contribution in [0.5, 0.6) is 0 Å². The molecule has 0 atom stereocenters. The molecule has 0 aromatic heterocycles. The van der Waals surface area contributed by atoms with Gasteiger partial charge in [0.05, 0.1) is 19.8 Å². The van der Waals surface area contributed by atoms with Gasteiger partial charge in [0.15, 0.2) is 0 Å². The Bertz CT molecular complexity index is 180. The third kappa shape index (κ3) is 4.17. The molecule has 1 rings (SSSR count). The Labute approximate surface area is 84.8 Å². The van der Waals surface area contributed by atoms with Crippen LogP contribution in [0.3, 0.4) is 0 Å². The van der Waals surface area contributed by atoms with Crippen molar-refractivity contribution in [2.24, 2.45) is 5.92 Å². The molecular weight excluding hydrogens is 182 g/mol. The lowest BCUT2D eigenvalue weighted by atomic mass is 10.2. The molecule has 0 aromatic carbocycles. The number of carbonyl (C=O) groups is 1. The normalized spacial score (nSPS) is 16.2. The van der Waals surface area contributed by atoms with Gasteiger partial charge in [0.2, 0.25) is 0 Å². The average molecular weight is 201 g/mol. The van der Waals surface area contributed by atoms with E-state index in [0.717, 1.165) is 19.4 Å². The van der Waals surface area contributed by atoms with Crippen LogP contribution in [-0.4, -0.2) is 55.7 Å². The van der Waals surface area contributed by atoms with Gasteiger partial charge in [0.25, 0.3) is 0 Å². The molecule has 4 nitrogen and oxygen atoms in total. The van der Waals surface area contributed by atoms with Gasteiger partial charge in [-0.1, -0.05) is 0 Å². The number of methoxy groups -OCH3 is 1. The number of nitrogens with zero attached hydrogens (tertiary/aromatic N) is 1. The third-order valence-corrected chi connectivity index (χ3v) is 2.44. The summed E-state index contributed by atoms with van der Waals surface area (Å²) in [6.07, 6.45) is 2.10. The molecule has 0 aromatic rings. The minimum atomic E-state index is 0.0989. The summed E-state index contributed by atoms with van der Waals surface area (Å²) in [4.78, 5) is 13.4. The highest BCUT2D eigenvalue weighted by atomic mass is 16.5. The second-order valence-electron chi connectivity index (χ2n) is 3.73. The summed E-state index contributed by atoms with van der Waals surface area (Å²) in [5.74, 6) is 0.619. The predicted octanol–water partition coefficient (Wildman–Crippen LogP) is -0.0938. The number of carbonyl (C=O) groups excluding carboxylic acids is 1. The molecule has 0 heterocycles. The summed E-state index contributed by atoms with van der Waals surface area (Å²) in [5.41, 5.74) is 0. The number of ketones is 1. The van der Waals surface area contributed by atoms with E-state index in [1.807, 2.05) is 4.90 Å². The number of hydrogen-bond acceptors (Lipinski definition) is 4. The van der Waals surface area contributed by atoms with Crippen molar-refractivity contribution >= 4 is 5.78 Å². The maximum absolute atomic E-state index is 11.5. The van der Waals surface area contributed by atoms with Crippen molar-refractivity contribution in [2.75, 3.05) is 40.0 Å². The fourth-order valence-electron chi connectivity index (χ4n) is 1.39. The van der Waals surface area contributed by atoms with Crippen LogP contribution in [0.2, 0.25) is 0 Å². The van der Waals surface area contributed by atoms with Crippen molar-refractivity contribution in [3.63, 3.8) is 0 Å². The lowest BCUT2D eigenvalue weighted by molar-refractivity contribution is -0.121. The van der Waals surface area contributed by atoms with E-state index in [4.69, 9.17) is 9.84 Å². The number of rotatable bonds is 8. The first-order valence-electron chi connectivity index (χ1n) is 5.12. The highest BCUT2D eigenvalue weighted by Crippen LogP contribution is 2.29. The molecule has 0 bridgehead atoms. The Morgan fingerprint density at radius 3 is 2.71 bits per heavy atom. The first-order chi connectivity index (χ1) is 6.77. The largest absolute Gasteiger partial charge is 0.395 e. The fraction of sp³-hybridized carbons (Fsp3) is 0.900. The molecule has 1 aliphatic rings. The topological polar surface area (TPSA) is 49.8 Å². The van der Waals surface area contributed by atoms with Crippen molar-refractivity contribution in [3.05, 3.63) is 0 Å². The van der Waals surface area contributed by atoms with Crippen LogP contribution in [0.4, 0.5) is 0 Å². The summed E-state index contributed by atoms with van der Waals surface area (Å²) in [6, 6.07) is 0. The number of ether oxygens (including phenoxy) is 1. The zero-order valence-corrected chi connectivity index (χ0v) is 8.74. The van der Waals surface area contributed by atoms with Gasteiger partial charge in [0.1, 0.15) is 5.78 Å². The van der Waals surface area contributed by atoms with Crippen molar-refractivity contribution < 1.29 is 14.6 Å². The van der Waals surface area contributed by atoms with Gasteiger partial charge < -0.3 is 9.84 Å². The Morgan fingerprint density at radius 2 is 2.21 bits per heavy atom. The smallest absolute Gasteiger partial charge is 0.149 e. The van der Waals surface area contributed by atoms with Crippen LogP contribution in [0.25, 0.3) is 0 Å². The molecule has 0 aliphatic heterocycles. The summed E-state index contributed by atoms with van der Waals surface area (Å²) < 4.78 is 4.94. The number of hydrogen-bond donors (Lipinski definition) is 1. The molecule has 0 radical (unpaired) electrons. The lowest BCUT2D eigenvalue weighted by Crippen LogP contribution is -2.35. The third-order valence-electron chi connectivity index (χ3n) is 2.44. The van der Waals surface area contributed by atoms with E-state index < -0.39 is 0 Å². The number of Topliss-reactive ketones (excluding diaryl/α,β-unsaturated/α-hetero) is 1. The monoisotopic (exact) mass is 201 g/mol. The molecule has 14 heavy (non-hydrogen) atoms. The molecular formula is C10H19NO3. The predicted molar refractivity (Wildman–Crippen MR) is 53.1 cm³/mol. The Balaban J connectivity index is 2.21. The van der Waals surface area contributed by atoms with Crippen molar-refractivity contribution in [2.45, 2.75) is 12.8 Å². The zero-order valence-electron chi connectivity index (χ0n) is 8.74. The van der Waals surface area contributed by atoms with Crippen LogP contribution in [0, 0.1) is 5.92 Å². The van der Waals surface area contributed by atoms with E-state index in [-0.39, 0.29) is 6.61 Å². The Morgan fingerprint density at radius 1 is 1.50 bits per heavy atom. The highest BCUT2D eigenvalue weighted by molar-refractivity contribution is 5.84. The minimum absolute atomic E-state index is 0.0989. The molecule has 1 fully saturated rings. The van der Waals surface area contributed by atoms with Crippen LogP contribution in [0.1, 0.15) is 12.8 Å². The molecule has 0 amide bonds. The Kier molecular flexibility index (Phi) is 5.07. The molecule has 0 spiro atoms. The Hall–Kier alpha value is -0.450. The standard InChI is InChI=1S/C10H19NO3/c1-14-7-5-11(4-6-12)8-10(13)9-2-3-9/h9,12H,2-8H2,1H3. The number of aliphatic hydroxyl groups excluding tert-OH is 1. The fourth-order valence-corrected chi connectivity index (χ4v) is 1.39. The molecule has 1 aliphatic carbocycles. The van der Waals surface area contributed by atoms with Crippen molar-refractivity contribution in [3.8, 4) is 0 Å². The first kappa shape index (κ1) is 11.6. The molecule has 82 valence electrons. The summed E-state index contributed by atoms with van der Waals surface area (Å²) >= 11 is 0. The second-order valence-corrected chi connectivity index (χ2v) is 3.73. The second kappa shape index (κ2) is 6.11. The first-order valence-corrected chi connectivity index (χ1v) is 5.12. The summed E-state index contributed by atoms with van der Waals surface area (Å²) in [7, 11) is 1.64. The van der Waals surface area contributed by atoms with Gasteiger partial charge in [-0.05, 0) is 12.8 Å². The molecule has 1 N–H and O–H groups in total. The van der Waals surface area contributed by atoms with E-state index in [9.17, 15) is 4.79 Å². The van der Waals surface area contributed by atoms with Crippen molar-refractivity contribution in [1.82, 2.24) is 4.90 Å². The van der Waals surface area contributed by atoms with Gasteiger partial charge >= 0.3 is 0 Å². The zero-order chi connectivity index (χ0) is 10.4. The maximum atomic E-state index is 11.5.